The second-order valence-corrected chi connectivity index (χ2v) is 5.31. The lowest BCUT2D eigenvalue weighted by Crippen LogP contribution is -2.09. The third-order valence-corrected chi connectivity index (χ3v) is 3.49. The summed E-state index contributed by atoms with van der Waals surface area (Å²) in [6.07, 6.45) is 5.07. The molecule has 0 unspecified atom stereocenters. The van der Waals surface area contributed by atoms with Crippen LogP contribution in [0, 0.1) is 0 Å². The van der Waals surface area contributed by atoms with Crippen molar-refractivity contribution in [3.63, 3.8) is 0 Å². The number of hydrogen-bond acceptors (Lipinski definition) is 3. The fourth-order valence-corrected chi connectivity index (χ4v) is 2.59. The van der Waals surface area contributed by atoms with Gasteiger partial charge in [0.25, 0.3) is 0 Å². The van der Waals surface area contributed by atoms with Gasteiger partial charge in [-0.3, -0.25) is 0 Å². The molecule has 1 aromatic heterocycles. The average Bonchev–Trinajstić information content (AvgIpc) is 2.78. The van der Waals surface area contributed by atoms with Crippen LogP contribution in [0.3, 0.4) is 0 Å². The van der Waals surface area contributed by atoms with E-state index in [1.807, 2.05) is 23.9 Å². The maximum absolute atomic E-state index is 6.19. The molecule has 1 heterocycles. The molecule has 0 radical (unpaired) electrons. The minimum absolute atomic E-state index is 0.504. The van der Waals surface area contributed by atoms with E-state index in [9.17, 15) is 0 Å². The van der Waals surface area contributed by atoms with Gasteiger partial charge in [0.15, 0.2) is 0 Å². The number of benzene rings is 1. The van der Waals surface area contributed by atoms with Crippen LogP contribution in [-0.4, -0.2) is 22.7 Å². The molecule has 2 rings (SSSR count). The van der Waals surface area contributed by atoms with Gasteiger partial charge in [-0.15, -0.1) is 0 Å². The van der Waals surface area contributed by atoms with Gasteiger partial charge in [-0.2, -0.15) is 0 Å². The Kier molecular flexibility index (Phi) is 5.29. The van der Waals surface area contributed by atoms with Crippen molar-refractivity contribution in [1.29, 1.82) is 0 Å². The highest BCUT2D eigenvalue weighted by Gasteiger charge is 2.11. The first-order valence-electron chi connectivity index (χ1n) is 6.38. The molecule has 2 aromatic rings. The molecule has 0 bridgehead atoms. The lowest BCUT2D eigenvalue weighted by atomic mass is 10.1. The molecule has 0 saturated carbocycles. The quantitative estimate of drug-likeness (QED) is 0.892. The fourth-order valence-electron chi connectivity index (χ4n) is 2.00. The van der Waals surface area contributed by atoms with Crippen molar-refractivity contribution in [3.8, 4) is 5.75 Å². The molecular formula is C14H17Cl2N3O. The van der Waals surface area contributed by atoms with Crippen molar-refractivity contribution in [1.82, 2.24) is 9.55 Å². The third kappa shape index (κ3) is 3.66. The van der Waals surface area contributed by atoms with E-state index < -0.39 is 0 Å². The summed E-state index contributed by atoms with van der Waals surface area (Å²) in [5, 5.41) is 1.11. The first-order valence-corrected chi connectivity index (χ1v) is 7.14. The number of halogens is 2. The molecule has 6 heteroatoms. The van der Waals surface area contributed by atoms with Crippen molar-refractivity contribution in [2.75, 3.05) is 13.2 Å². The van der Waals surface area contributed by atoms with E-state index in [1.165, 1.54) is 0 Å². The van der Waals surface area contributed by atoms with Crippen LogP contribution in [0.4, 0.5) is 0 Å². The molecule has 4 nitrogen and oxygen atoms in total. The average molecular weight is 314 g/mol. The van der Waals surface area contributed by atoms with E-state index in [2.05, 4.69) is 4.98 Å². The predicted octanol–water partition coefficient (Wildman–Crippen LogP) is 2.85. The Labute approximate surface area is 128 Å². The molecular weight excluding hydrogens is 297 g/mol. The lowest BCUT2D eigenvalue weighted by Gasteiger charge is -2.13. The first-order chi connectivity index (χ1) is 9.61. The SMILES string of the molecule is Cn1ccnc1CCOc1c(Cl)cc(Cl)cc1CCN. The number of nitrogens with zero attached hydrogens (tertiary/aromatic N) is 2. The van der Waals surface area contributed by atoms with Crippen molar-refractivity contribution in [2.45, 2.75) is 12.8 Å². The molecule has 0 saturated heterocycles. The summed E-state index contributed by atoms with van der Waals surface area (Å²) in [6.45, 7) is 1.02. The Bertz CT molecular complexity index is 584. The van der Waals surface area contributed by atoms with E-state index in [0.29, 0.717) is 41.8 Å². The minimum Gasteiger partial charge on any atom is -0.491 e. The Balaban J connectivity index is 2.06. The molecule has 0 amide bonds. The van der Waals surface area contributed by atoms with E-state index >= 15 is 0 Å². The van der Waals surface area contributed by atoms with Gasteiger partial charge >= 0.3 is 0 Å². The summed E-state index contributed by atoms with van der Waals surface area (Å²) in [5.41, 5.74) is 6.54. The predicted molar refractivity (Wildman–Crippen MR) is 81.6 cm³/mol. The molecule has 0 aliphatic carbocycles. The third-order valence-electron chi connectivity index (χ3n) is 2.99. The number of ether oxygens (including phenoxy) is 1. The highest BCUT2D eigenvalue weighted by molar-refractivity contribution is 6.35. The van der Waals surface area contributed by atoms with Crippen molar-refractivity contribution in [3.05, 3.63) is 46.0 Å². The van der Waals surface area contributed by atoms with Crippen LogP contribution in [0.15, 0.2) is 24.5 Å². The van der Waals surface area contributed by atoms with Gasteiger partial charge < -0.3 is 15.0 Å². The van der Waals surface area contributed by atoms with Gasteiger partial charge in [0.2, 0.25) is 0 Å². The smallest absolute Gasteiger partial charge is 0.141 e. The molecule has 0 aliphatic rings. The Morgan fingerprint density at radius 3 is 2.75 bits per heavy atom. The summed E-state index contributed by atoms with van der Waals surface area (Å²) >= 11 is 12.2. The van der Waals surface area contributed by atoms with Crippen LogP contribution in [-0.2, 0) is 19.9 Å². The zero-order valence-electron chi connectivity index (χ0n) is 11.3. The zero-order valence-corrected chi connectivity index (χ0v) is 12.8. The van der Waals surface area contributed by atoms with Gasteiger partial charge in [-0.1, -0.05) is 23.2 Å². The number of hydrogen-bond donors (Lipinski definition) is 1. The van der Waals surface area contributed by atoms with E-state index in [-0.39, 0.29) is 0 Å². The highest BCUT2D eigenvalue weighted by atomic mass is 35.5. The molecule has 1 aromatic carbocycles. The van der Waals surface area contributed by atoms with Crippen LogP contribution in [0.25, 0.3) is 0 Å². The Hall–Kier alpha value is -1.23. The van der Waals surface area contributed by atoms with Crippen LogP contribution < -0.4 is 10.5 Å². The van der Waals surface area contributed by atoms with Crippen LogP contribution in [0.2, 0.25) is 10.0 Å². The van der Waals surface area contributed by atoms with Gasteiger partial charge in [0.05, 0.1) is 11.6 Å². The molecule has 108 valence electrons. The normalized spacial score (nSPS) is 10.8. The summed E-state index contributed by atoms with van der Waals surface area (Å²) in [5.74, 6) is 1.63. The maximum Gasteiger partial charge on any atom is 0.141 e. The van der Waals surface area contributed by atoms with Crippen LogP contribution in [0.5, 0.6) is 5.75 Å². The largest absolute Gasteiger partial charge is 0.491 e. The maximum atomic E-state index is 6.19. The summed E-state index contributed by atoms with van der Waals surface area (Å²) in [6, 6.07) is 3.52. The first kappa shape index (κ1) is 15.2. The summed E-state index contributed by atoms with van der Waals surface area (Å²) in [4.78, 5) is 4.25. The van der Waals surface area contributed by atoms with Gasteiger partial charge in [-0.05, 0) is 30.7 Å². The number of nitrogens with two attached hydrogens (primary N) is 1. The molecule has 0 spiro atoms. The highest BCUT2D eigenvalue weighted by Crippen LogP contribution is 2.32. The summed E-state index contributed by atoms with van der Waals surface area (Å²) < 4.78 is 7.77. The van der Waals surface area contributed by atoms with Gasteiger partial charge in [-0.25, -0.2) is 4.98 Å². The van der Waals surface area contributed by atoms with E-state index in [0.717, 1.165) is 11.4 Å². The van der Waals surface area contributed by atoms with Crippen molar-refractivity contribution >= 4 is 23.2 Å². The number of rotatable bonds is 6. The molecule has 0 aliphatic heterocycles. The minimum atomic E-state index is 0.504. The molecule has 0 fully saturated rings. The zero-order chi connectivity index (χ0) is 14.5. The molecule has 2 N–H and O–H groups in total. The second kappa shape index (κ2) is 6.97. The van der Waals surface area contributed by atoms with E-state index in [1.54, 1.807) is 12.3 Å². The van der Waals surface area contributed by atoms with Gasteiger partial charge in [0, 0.05) is 30.9 Å². The monoisotopic (exact) mass is 313 g/mol. The topological polar surface area (TPSA) is 53.1 Å². The standard InChI is InChI=1S/C14H17Cl2N3O/c1-19-6-5-18-13(19)3-7-20-14-10(2-4-17)8-11(15)9-12(14)16/h5-6,8-9H,2-4,7,17H2,1H3. The molecule has 0 atom stereocenters. The Morgan fingerprint density at radius 2 is 2.10 bits per heavy atom. The summed E-state index contributed by atoms with van der Waals surface area (Å²) in [7, 11) is 1.96. The molecule has 20 heavy (non-hydrogen) atoms. The number of aromatic nitrogens is 2. The van der Waals surface area contributed by atoms with Crippen molar-refractivity contribution in [2.24, 2.45) is 12.8 Å². The number of aryl methyl sites for hydroxylation is 1. The van der Waals surface area contributed by atoms with Crippen molar-refractivity contribution < 1.29 is 4.74 Å². The van der Waals surface area contributed by atoms with Gasteiger partial charge in [0.1, 0.15) is 11.6 Å². The second-order valence-electron chi connectivity index (χ2n) is 4.47. The van der Waals surface area contributed by atoms with Crippen LogP contribution in [0.1, 0.15) is 11.4 Å². The van der Waals surface area contributed by atoms with Crippen LogP contribution >= 0.6 is 23.2 Å². The lowest BCUT2D eigenvalue weighted by molar-refractivity contribution is 0.314. The van der Waals surface area contributed by atoms with E-state index in [4.69, 9.17) is 33.7 Å². The fraction of sp³-hybridized carbons (Fsp3) is 0.357. The Morgan fingerprint density at radius 1 is 1.30 bits per heavy atom. The number of imidazole rings is 1.